The van der Waals surface area contributed by atoms with Crippen LogP contribution < -0.4 is 27.4 Å². The van der Waals surface area contributed by atoms with Gasteiger partial charge in [0.05, 0.1) is 18.9 Å². The Bertz CT molecular complexity index is 957. The van der Waals surface area contributed by atoms with Crippen LogP contribution in [0.25, 0.3) is 0 Å². The average Bonchev–Trinajstić information content (AvgIpc) is 2.82. The summed E-state index contributed by atoms with van der Waals surface area (Å²) in [5, 5.41) is 34.2. The number of rotatable bonds is 17. The Morgan fingerprint density at radius 3 is 1.68 bits per heavy atom. The lowest BCUT2D eigenvalue weighted by Gasteiger charge is -2.24. The predicted molar refractivity (Wildman–Crippen MR) is 129 cm³/mol. The zero-order valence-electron chi connectivity index (χ0n) is 20.1. The third-order valence-electron chi connectivity index (χ3n) is 5.22. The molecule has 0 spiro atoms. The van der Waals surface area contributed by atoms with Crippen molar-refractivity contribution >= 4 is 35.6 Å². The quantitative estimate of drug-likeness (QED) is 0.105. The second-order valence-corrected chi connectivity index (χ2v) is 8.30. The Labute approximate surface area is 212 Å². The maximum absolute atomic E-state index is 12.8. The normalized spacial score (nSPS) is 13.9. The van der Waals surface area contributed by atoms with E-state index in [1.165, 1.54) is 0 Å². The standard InChI is InChI=1S/C23H33N5O9/c24-9-5-4-8-15(23(36)37)26-21(34)17(12-19(31)32)28-22(35)16(11-18(29)30)27-20(33)14(25)10-13-6-2-1-3-7-13/h1-3,6-7,14-17H,4-5,8-12,24-25H2,(H,26,34)(H,27,33)(H,28,35)(H,29,30)(H,31,32)(H,36,37). The largest absolute Gasteiger partial charge is 0.481 e. The molecule has 0 aromatic heterocycles. The molecule has 1 aromatic carbocycles. The molecule has 10 N–H and O–H groups in total. The molecule has 14 heteroatoms. The van der Waals surface area contributed by atoms with E-state index in [1.807, 2.05) is 0 Å². The molecule has 4 unspecified atom stereocenters. The monoisotopic (exact) mass is 523 g/mol. The van der Waals surface area contributed by atoms with Crippen molar-refractivity contribution in [3.05, 3.63) is 35.9 Å². The van der Waals surface area contributed by atoms with Gasteiger partial charge < -0.3 is 42.7 Å². The first-order chi connectivity index (χ1) is 17.4. The number of hydrogen-bond acceptors (Lipinski definition) is 8. The molecule has 37 heavy (non-hydrogen) atoms. The van der Waals surface area contributed by atoms with Crippen molar-refractivity contribution in [1.82, 2.24) is 16.0 Å². The number of carbonyl (C=O) groups is 6. The maximum atomic E-state index is 12.8. The van der Waals surface area contributed by atoms with Crippen LogP contribution in [-0.2, 0) is 35.2 Å². The van der Waals surface area contributed by atoms with E-state index in [0.29, 0.717) is 19.4 Å². The van der Waals surface area contributed by atoms with Crippen molar-refractivity contribution in [2.24, 2.45) is 11.5 Å². The van der Waals surface area contributed by atoms with Crippen LogP contribution >= 0.6 is 0 Å². The summed E-state index contributed by atoms with van der Waals surface area (Å²) in [6, 6.07) is 2.78. The molecule has 0 saturated carbocycles. The molecule has 0 saturated heterocycles. The fraction of sp³-hybridized carbons (Fsp3) is 0.478. The van der Waals surface area contributed by atoms with Crippen molar-refractivity contribution in [2.75, 3.05) is 6.54 Å². The van der Waals surface area contributed by atoms with Gasteiger partial charge in [0, 0.05) is 0 Å². The molecule has 1 rings (SSSR count). The van der Waals surface area contributed by atoms with Crippen LogP contribution in [0.2, 0.25) is 0 Å². The maximum Gasteiger partial charge on any atom is 0.326 e. The van der Waals surface area contributed by atoms with Gasteiger partial charge in [-0.15, -0.1) is 0 Å². The van der Waals surface area contributed by atoms with Crippen molar-refractivity contribution in [1.29, 1.82) is 0 Å². The van der Waals surface area contributed by atoms with Gasteiger partial charge in [0.1, 0.15) is 18.1 Å². The van der Waals surface area contributed by atoms with Gasteiger partial charge in [-0.05, 0) is 37.8 Å². The van der Waals surface area contributed by atoms with Gasteiger partial charge in [-0.25, -0.2) is 4.79 Å². The molecule has 1 aromatic rings. The Kier molecular flexibility index (Phi) is 13.3. The number of carbonyl (C=O) groups excluding carboxylic acids is 3. The van der Waals surface area contributed by atoms with Crippen LogP contribution in [0.4, 0.5) is 0 Å². The number of nitrogens with one attached hydrogen (secondary N) is 3. The van der Waals surface area contributed by atoms with Crippen molar-refractivity contribution in [3.63, 3.8) is 0 Å². The smallest absolute Gasteiger partial charge is 0.326 e. The van der Waals surface area contributed by atoms with Crippen LogP contribution in [-0.4, -0.2) is 81.7 Å². The number of carboxylic acid groups (broad SMARTS) is 3. The minimum atomic E-state index is -1.74. The van der Waals surface area contributed by atoms with E-state index in [4.69, 9.17) is 16.6 Å². The summed E-state index contributed by atoms with van der Waals surface area (Å²) >= 11 is 0. The van der Waals surface area contributed by atoms with Crippen molar-refractivity contribution in [2.45, 2.75) is 62.7 Å². The number of benzene rings is 1. The molecule has 0 radical (unpaired) electrons. The zero-order chi connectivity index (χ0) is 28.0. The third-order valence-corrected chi connectivity index (χ3v) is 5.22. The van der Waals surface area contributed by atoms with E-state index >= 15 is 0 Å². The summed E-state index contributed by atoms with van der Waals surface area (Å²) in [6.45, 7) is 0.309. The highest BCUT2D eigenvalue weighted by Crippen LogP contribution is 2.06. The first-order valence-electron chi connectivity index (χ1n) is 11.5. The summed E-state index contributed by atoms with van der Waals surface area (Å²) < 4.78 is 0. The number of hydrogen-bond donors (Lipinski definition) is 8. The van der Waals surface area contributed by atoms with Crippen LogP contribution in [0, 0.1) is 0 Å². The van der Waals surface area contributed by atoms with Crippen LogP contribution in [0.3, 0.4) is 0 Å². The highest BCUT2D eigenvalue weighted by molar-refractivity contribution is 5.96. The molecule has 0 fully saturated rings. The lowest BCUT2D eigenvalue weighted by molar-refractivity contribution is -0.145. The molecule has 0 bridgehead atoms. The van der Waals surface area contributed by atoms with E-state index in [2.05, 4.69) is 16.0 Å². The Morgan fingerprint density at radius 2 is 1.22 bits per heavy atom. The molecule has 0 aliphatic rings. The number of carboxylic acids is 3. The number of unbranched alkanes of at least 4 members (excludes halogenated alkanes) is 1. The van der Waals surface area contributed by atoms with E-state index in [9.17, 15) is 39.0 Å². The molecule has 204 valence electrons. The fourth-order valence-corrected chi connectivity index (χ4v) is 3.30. The van der Waals surface area contributed by atoms with E-state index in [-0.39, 0.29) is 12.8 Å². The van der Waals surface area contributed by atoms with Gasteiger partial charge >= 0.3 is 17.9 Å². The van der Waals surface area contributed by atoms with Gasteiger partial charge in [0.2, 0.25) is 17.7 Å². The summed E-state index contributed by atoms with van der Waals surface area (Å²) in [5.74, 6) is -7.40. The Hall–Kier alpha value is -4.04. The molecule has 0 aliphatic heterocycles. The summed E-state index contributed by atoms with van der Waals surface area (Å²) in [6.07, 6.45) is -0.818. The minimum Gasteiger partial charge on any atom is -0.481 e. The number of nitrogens with two attached hydrogens (primary N) is 2. The van der Waals surface area contributed by atoms with Crippen LogP contribution in [0.5, 0.6) is 0 Å². The van der Waals surface area contributed by atoms with Crippen molar-refractivity contribution < 1.29 is 44.1 Å². The summed E-state index contributed by atoms with van der Waals surface area (Å²) in [4.78, 5) is 72.0. The van der Waals surface area contributed by atoms with E-state index < -0.39 is 72.6 Å². The molecule has 4 atom stereocenters. The number of aliphatic carboxylic acids is 3. The van der Waals surface area contributed by atoms with E-state index in [1.54, 1.807) is 30.3 Å². The summed E-state index contributed by atoms with van der Waals surface area (Å²) in [5.41, 5.74) is 12.0. The van der Waals surface area contributed by atoms with Gasteiger partial charge in [0.15, 0.2) is 0 Å². The molecular weight excluding hydrogens is 490 g/mol. The number of amides is 3. The molecule has 0 heterocycles. The predicted octanol–water partition coefficient (Wildman–Crippen LogP) is -1.83. The highest BCUT2D eigenvalue weighted by Gasteiger charge is 2.32. The zero-order valence-corrected chi connectivity index (χ0v) is 20.1. The van der Waals surface area contributed by atoms with Gasteiger partial charge in [-0.3, -0.25) is 24.0 Å². The fourth-order valence-electron chi connectivity index (χ4n) is 3.30. The average molecular weight is 524 g/mol. The first kappa shape index (κ1) is 31.0. The minimum absolute atomic E-state index is 0.0169. The molecular formula is C23H33N5O9. The van der Waals surface area contributed by atoms with E-state index in [0.717, 1.165) is 5.56 Å². The molecule has 14 nitrogen and oxygen atoms in total. The van der Waals surface area contributed by atoms with Gasteiger partial charge in [-0.1, -0.05) is 30.3 Å². The van der Waals surface area contributed by atoms with Crippen LogP contribution in [0.1, 0.15) is 37.7 Å². The van der Waals surface area contributed by atoms with Gasteiger partial charge in [0.25, 0.3) is 0 Å². The second-order valence-electron chi connectivity index (χ2n) is 8.30. The lowest BCUT2D eigenvalue weighted by atomic mass is 10.0. The summed E-state index contributed by atoms with van der Waals surface area (Å²) in [7, 11) is 0. The Balaban J connectivity index is 2.95. The third kappa shape index (κ3) is 12.0. The Morgan fingerprint density at radius 1 is 0.730 bits per heavy atom. The SMILES string of the molecule is NCCCCC(NC(=O)C(CC(=O)O)NC(=O)C(CC(=O)O)NC(=O)C(N)Cc1ccccc1)C(=O)O. The lowest BCUT2D eigenvalue weighted by Crippen LogP contribution is -2.58. The molecule has 3 amide bonds. The van der Waals surface area contributed by atoms with Gasteiger partial charge in [-0.2, -0.15) is 0 Å². The topological polar surface area (TPSA) is 251 Å². The first-order valence-corrected chi connectivity index (χ1v) is 11.5. The second kappa shape index (κ2) is 15.9. The highest BCUT2D eigenvalue weighted by atomic mass is 16.4. The van der Waals surface area contributed by atoms with Crippen LogP contribution in [0.15, 0.2) is 30.3 Å². The van der Waals surface area contributed by atoms with Crippen molar-refractivity contribution in [3.8, 4) is 0 Å². The molecule has 0 aliphatic carbocycles.